The Bertz CT molecular complexity index is 1060. The first-order chi connectivity index (χ1) is 14.2. The molecule has 2 fully saturated rings. The van der Waals surface area contributed by atoms with Crippen LogP contribution in [0.15, 0.2) is 23.1 Å². The number of carbonyl (C=O) groups excluding carboxylic acids is 1. The fourth-order valence-corrected chi connectivity index (χ4v) is 6.31. The summed E-state index contributed by atoms with van der Waals surface area (Å²) >= 11 is 0. The zero-order valence-corrected chi connectivity index (χ0v) is 19.1. The van der Waals surface area contributed by atoms with E-state index in [2.05, 4.69) is 17.2 Å². The van der Waals surface area contributed by atoms with Gasteiger partial charge in [-0.15, -0.1) is 0 Å². The molecule has 164 valence electrons. The Morgan fingerprint density at radius 2 is 2.07 bits per heavy atom. The highest BCUT2D eigenvalue weighted by atomic mass is 32.2. The lowest BCUT2D eigenvalue weighted by atomic mass is 9.84. The van der Waals surface area contributed by atoms with Crippen LogP contribution in [0.4, 0.5) is 0 Å². The molecule has 7 nitrogen and oxygen atoms in total. The van der Waals surface area contributed by atoms with Crippen molar-refractivity contribution < 1.29 is 13.2 Å². The van der Waals surface area contributed by atoms with Crippen LogP contribution in [0, 0.1) is 17.8 Å². The molecule has 0 spiro atoms. The van der Waals surface area contributed by atoms with Crippen LogP contribution in [0.1, 0.15) is 44.9 Å². The number of carbonyl (C=O) groups is 1. The highest BCUT2D eigenvalue weighted by molar-refractivity contribution is 7.89. The minimum Gasteiger partial charge on any atom is -0.353 e. The molecule has 0 unspecified atom stereocenters. The number of nitrogens with one attached hydrogen (secondary N) is 1. The topological polar surface area (TPSA) is 84.3 Å². The molecule has 8 heteroatoms. The van der Waals surface area contributed by atoms with Gasteiger partial charge in [-0.1, -0.05) is 6.42 Å². The van der Waals surface area contributed by atoms with E-state index in [0.29, 0.717) is 24.3 Å². The van der Waals surface area contributed by atoms with Crippen LogP contribution in [-0.2, 0) is 28.3 Å². The molecule has 0 saturated heterocycles. The lowest BCUT2D eigenvalue weighted by Crippen LogP contribution is -2.40. The highest BCUT2D eigenvalue weighted by Gasteiger charge is 2.42. The largest absolute Gasteiger partial charge is 0.353 e. The molecule has 1 amide bonds. The van der Waals surface area contributed by atoms with Crippen molar-refractivity contribution in [3.63, 3.8) is 0 Å². The average Bonchev–Trinajstić information content (AvgIpc) is 3.41. The molecular weight excluding hydrogens is 400 g/mol. The first kappa shape index (κ1) is 21.3. The Balaban J connectivity index is 1.41. The smallest absolute Gasteiger partial charge is 0.242 e. The van der Waals surface area contributed by atoms with Gasteiger partial charge in [0.25, 0.3) is 0 Å². The minimum atomic E-state index is -3.50. The van der Waals surface area contributed by atoms with Crippen molar-refractivity contribution in [1.82, 2.24) is 19.2 Å². The molecule has 1 N–H and O–H groups in total. The molecule has 1 heterocycles. The first-order valence-electron chi connectivity index (χ1n) is 10.8. The fourth-order valence-electron chi connectivity index (χ4n) is 5.39. The van der Waals surface area contributed by atoms with E-state index in [-0.39, 0.29) is 16.8 Å². The van der Waals surface area contributed by atoms with Gasteiger partial charge in [-0.25, -0.2) is 17.7 Å². The van der Waals surface area contributed by atoms with E-state index < -0.39 is 10.0 Å². The van der Waals surface area contributed by atoms with Gasteiger partial charge in [0.2, 0.25) is 15.9 Å². The minimum absolute atomic E-state index is 0.0632. The third-order valence-corrected chi connectivity index (χ3v) is 8.93. The molecule has 0 aliphatic heterocycles. The number of hydrogen-bond donors (Lipinski definition) is 1. The summed E-state index contributed by atoms with van der Waals surface area (Å²) in [5, 5.41) is 3.21. The number of imidazole rings is 1. The Hall–Kier alpha value is -1.93. The third-order valence-electron chi connectivity index (χ3n) is 7.12. The number of aryl methyl sites for hydroxylation is 2. The SMILES string of the molecule is C[C@H](NC(=O)CCc1nc2cc(S(=O)(=O)N(C)C)ccc2n1C)[C@@H]1C[C@H]2CC[C@H]1C2. The van der Waals surface area contributed by atoms with Crippen molar-refractivity contribution in [2.75, 3.05) is 14.1 Å². The number of fused-ring (bicyclic) bond motifs is 3. The van der Waals surface area contributed by atoms with Crippen LogP contribution in [0.5, 0.6) is 0 Å². The standard InChI is InChI=1S/C22H32N4O3S/c1-14(18-12-15-5-6-16(18)11-15)23-22(27)10-9-21-24-19-13-17(30(28,29)25(2)3)7-8-20(19)26(21)4/h7-8,13-16,18H,5-6,9-12H2,1-4H3,(H,23,27)/t14-,15-,16-,18-/m0/s1. The lowest BCUT2D eigenvalue weighted by Gasteiger charge is -2.28. The van der Waals surface area contributed by atoms with E-state index in [1.165, 1.54) is 44.1 Å². The van der Waals surface area contributed by atoms with Crippen LogP contribution >= 0.6 is 0 Å². The van der Waals surface area contributed by atoms with Gasteiger partial charge < -0.3 is 9.88 Å². The number of hydrogen-bond acceptors (Lipinski definition) is 4. The van der Waals surface area contributed by atoms with Gasteiger partial charge in [0, 0.05) is 40.0 Å². The van der Waals surface area contributed by atoms with Crippen LogP contribution in [0.25, 0.3) is 11.0 Å². The molecular formula is C22H32N4O3S. The number of rotatable bonds is 7. The van der Waals surface area contributed by atoms with Gasteiger partial charge in [0.15, 0.2) is 0 Å². The summed E-state index contributed by atoms with van der Waals surface area (Å²) < 4.78 is 27.9. The van der Waals surface area contributed by atoms with E-state index >= 15 is 0 Å². The lowest BCUT2D eigenvalue weighted by molar-refractivity contribution is -0.122. The molecule has 1 aromatic heterocycles. The third kappa shape index (κ3) is 3.87. The summed E-state index contributed by atoms with van der Waals surface area (Å²) in [5.41, 5.74) is 1.49. The van der Waals surface area contributed by atoms with Crippen molar-refractivity contribution in [3.8, 4) is 0 Å². The second-order valence-electron chi connectivity index (χ2n) is 9.22. The Labute approximate surface area is 178 Å². The van der Waals surface area contributed by atoms with E-state index in [9.17, 15) is 13.2 Å². The number of amides is 1. The maximum absolute atomic E-state index is 12.5. The van der Waals surface area contributed by atoms with Crippen LogP contribution in [-0.4, -0.2) is 48.3 Å². The first-order valence-corrected chi connectivity index (χ1v) is 12.3. The van der Waals surface area contributed by atoms with E-state index in [0.717, 1.165) is 23.2 Å². The zero-order valence-electron chi connectivity index (χ0n) is 18.3. The molecule has 1 aromatic carbocycles. The molecule has 30 heavy (non-hydrogen) atoms. The summed E-state index contributed by atoms with van der Waals surface area (Å²) in [6, 6.07) is 5.21. The molecule has 4 atom stereocenters. The Kier molecular flexibility index (Phi) is 5.66. The number of nitrogens with zero attached hydrogens (tertiary/aromatic N) is 3. The molecule has 4 rings (SSSR count). The van der Waals surface area contributed by atoms with Crippen molar-refractivity contribution >= 4 is 27.0 Å². The summed E-state index contributed by atoms with van der Waals surface area (Å²) in [4.78, 5) is 17.4. The molecule has 2 aliphatic carbocycles. The van der Waals surface area contributed by atoms with Gasteiger partial charge in [0.05, 0.1) is 15.9 Å². The van der Waals surface area contributed by atoms with Gasteiger partial charge in [-0.05, 0) is 62.1 Å². The number of aromatic nitrogens is 2. The molecule has 2 saturated carbocycles. The maximum atomic E-state index is 12.5. The summed E-state index contributed by atoms with van der Waals surface area (Å²) in [6.45, 7) is 2.14. The predicted molar refractivity (Wildman–Crippen MR) is 116 cm³/mol. The van der Waals surface area contributed by atoms with E-state index in [4.69, 9.17) is 0 Å². The highest BCUT2D eigenvalue weighted by Crippen LogP contribution is 2.49. The van der Waals surface area contributed by atoms with Gasteiger partial charge in [-0.3, -0.25) is 4.79 Å². The van der Waals surface area contributed by atoms with Gasteiger partial charge in [-0.2, -0.15) is 0 Å². The second kappa shape index (κ2) is 7.96. The Morgan fingerprint density at radius 3 is 2.70 bits per heavy atom. The Morgan fingerprint density at radius 1 is 1.30 bits per heavy atom. The monoisotopic (exact) mass is 432 g/mol. The van der Waals surface area contributed by atoms with Crippen molar-refractivity contribution in [3.05, 3.63) is 24.0 Å². The summed E-state index contributed by atoms with van der Waals surface area (Å²) in [5.74, 6) is 3.14. The van der Waals surface area contributed by atoms with Crippen LogP contribution in [0.2, 0.25) is 0 Å². The normalized spacial score (nSPS) is 24.6. The maximum Gasteiger partial charge on any atom is 0.242 e. The molecule has 2 aliphatic rings. The van der Waals surface area contributed by atoms with Crippen molar-refractivity contribution in [1.29, 1.82) is 0 Å². The number of benzene rings is 1. The molecule has 0 radical (unpaired) electrons. The van der Waals surface area contributed by atoms with Crippen molar-refractivity contribution in [2.24, 2.45) is 24.8 Å². The zero-order chi connectivity index (χ0) is 21.6. The summed E-state index contributed by atoms with van der Waals surface area (Å²) in [6.07, 6.45) is 6.19. The van der Waals surface area contributed by atoms with Crippen LogP contribution < -0.4 is 5.32 Å². The summed E-state index contributed by atoms with van der Waals surface area (Å²) in [7, 11) is 1.43. The average molecular weight is 433 g/mol. The van der Waals surface area contributed by atoms with Crippen molar-refractivity contribution in [2.45, 2.75) is 56.4 Å². The molecule has 2 aromatic rings. The predicted octanol–water partition coefficient (Wildman–Crippen LogP) is 2.70. The van der Waals surface area contributed by atoms with Gasteiger partial charge >= 0.3 is 0 Å². The molecule has 2 bridgehead atoms. The quantitative estimate of drug-likeness (QED) is 0.729. The van der Waals surface area contributed by atoms with Gasteiger partial charge in [0.1, 0.15) is 5.82 Å². The van der Waals surface area contributed by atoms with E-state index in [1.807, 2.05) is 11.6 Å². The number of sulfonamides is 1. The van der Waals surface area contributed by atoms with Crippen LogP contribution in [0.3, 0.4) is 0 Å². The second-order valence-corrected chi connectivity index (χ2v) is 11.4. The fraction of sp³-hybridized carbons (Fsp3) is 0.636. The van der Waals surface area contributed by atoms with E-state index in [1.54, 1.807) is 18.2 Å².